The average molecular weight is 249 g/mol. The minimum Gasteiger partial charge on any atom is -0.384 e. The molecule has 0 spiro atoms. The van der Waals surface area contributed by atoms with E-state index in [-0.39, 0.29) is 17.4 Å². The number of carbonyl (C=O) groups is 1. The second-order valence-electron chi connectivity index (χ2n) is 5.93. The molecule has 2 N–H and O–H groups in total. The van der Waals surface area contributed by atoms with E-state index in [2.05, 4.69) is 25.8 Å². The van der Waals surface area contributed by atoms with Crippen LogP contribution in [0.3, 0.4) is 0 Å². The maximum atomic E-state index is 12.3. The molecule has 1 rings (SSSR count). The Balaban J connectivity index is 3.19. The molecule has 4 nitrogen and oxygen atoms in total. The standard InChI is InChI=1S/C14H23N3O/c1-9(2)17(6)13(18)10-7-11(14(3,4)5)16-12(15)8-10/h7-9H,1-6H3,(H2,15,16). The van der Waals surface area contributed by atoms with Crippen molar-refractivity contribution >= 4 is 11.7 Å². The van der Waals surface area contributed by atoms with E-state index in [9.17, 15) is 4.79 Å². The fourth-order valence-corrected chi connectivity index (χ4v) is 1.50. The zero-order valence-corrected chi connectivity index (χ0v) is 12.1. The van der Waals surface area contributed by atoms with Crippen LogP contribution in [0.25, 0.3) is 0 Å². The van der Waals surface area contributed by atoms with Crippen molar-refractivity contribution in [2.24, 2.45) is 0 Å². The summed E-state index contributed by atoms with van der Waals surface area (Å²) in [6.07, 6.45) is 0. The zero-order chi connectivity index (χ0) is 14.1. The fraction of sp³-hybridized carbons (Fsp3) is 0.571. The van der Waals surface area contributed by atoms with E-state index in [1.54, 1.807) is 18.0 Å². The summed E-state index contributed by atoms with van der Waals surface area (Å²) in [5.74, 6) is 0.368. The Labute approximate surface area is 109 Å². The molecule has 4 heteroatoms. The fourth-order valence-electron chi connectivity index (χ4n) is 1.50. The minimum atomic E-state index is -0.124. The summed E-state index contributed by atoms with van der Waals surface area (Å²) < 4.78 is 0. The van der Waals surface area contributed by atoms with Crippen LogP contribution >= 0.6 is 0 Å². The van der Waals surface area contributed by atoms with Gasteiger partial charge in [-0.1, -0.05) is 20.8 Å². The molecular weight excluding hydrogens is 226 g/mol. The van der Waals surface area contributed by atoms with Crippen molar-refractivity contribution < 1.29 is 4.79 Å². The Kier molecular flexibility index (Phi) is 3.99. The van der Waals surface area contributed by atoms with E-state index in [4.69, 9.17) is 5.73 Å². The smallest absolute Gasteiger partial charge is 0.254 e. The molecule has 0 saturated carbocycles. The van der Waals surface area contributed by atoms with Crippen LogP contribution in [0.1, 0.15) is 50.7 Å². The third kappa shape index (κ3) is 3.22. The maximum Gasteiger partial charge on any atom is 0.254 e. The largest absolute Gasteiger partial charge is 0.384 e. The number of amides is 1. The number of pyridine rings is 1. The van der Waals surface area contributed by atoms with Crippen molar-refractivity contribution in [1.82, 2.24) is 9.88 Å². The SMILES string of the molecule is CC(C)N(C)C(=O)c1cc(N)nc(C(C)(C)C)c1. The van der Waals surface area contributed by atoms with Crippen LogP contribution in [-0.2, 0) is 5.41 Å². The van der Waals surface area contributed by atoms with Gasteiger partial charge in [-0.3, -0.25) is 4.79 Å². The predicted octanol–water partition coefficient (Wildman–Crippen LogP) is 2.44. The Morgan fingerprint density at radius 3 is 2.33 bits per heavy atom. The van der Waals surface area contributed by atoms with Crippen LogP contribution < -0.4 is 5.73 Å². The molecule has 0 atom stereocenters. The molecule has 0 fully saturated rings. The summed E-state index contributed by atoms with van der Waals surface area (Å²) in [4.78, 5) is 18.3. The first kappa shape index (κ1) is 14.5. The van der Waals surface area contributed by atoms with Gasteiger partial charge >= 0.3 is 0 Å². The lowest BCUT2D eigenvalue weighted by molar-refractivity contribution is 0.0754. The van der Waals surface area contributed by atoms with E-state index < -0.39 is 0 Å². The Hall–Kier alpha value is -1.58. The highest BCUT2D eigenvalue weighted by atomic mass is 16.2. The van der Waals surface area contributed by atoms with Crippen molar-refractivity contribution in [2.75, 3.05) is 12.8 Å². The van der Waals surface area contributed by atoms with Crippen LogP contribution in [0.4, 0.5) is 5.82 Å². The van der Waals surface area contributed by atoms with Crippen molar-refractivity contribution in [3.8, 4) is 0 Å². The molecule has 18 heavy (non-hydrogen) atoms. The second kappa shape index (κ2) is 4.96. The molecule has 1 heterocycles. The first-order chi connectivity index (χ1) is 8.12. The van der Waals surface area contributed by atoms with Crippen molar-refractivity contribution in [1.29, 1.82) is 0 Å². The van der Waals surface area contributed by atoms with Gasteiger partial charge in [0.2, 0.25) is 0 Å². The highest BCUT2D eigenvalue weighted by Gasteiger charge is 2.21. The average Bonchev–Trinajstić information content (AvgIpc) is 2.24. The number of hydrogen-bond donors (Lipinski definition) is 1. The summed E-state index contributed by atoms with van der Waals surface area (Å²) >= 11 is 0. The van der Waals surface area contributed by atoms with Gasteiger partial charge in [-0.15, -0.1) is 0 Å². The van der Waals surface area contributed by atoms with Gasteiger partial charge < -0.3 is 10.6 Å². The van der Waals surface area contributed by atoms with Crippen LogP contribution in [-0.4, -0.2) is 28.9 Å². The van der Waals surface area contributed by atoms with Crippen LogP contribution in [0.2, 0.25) is 0 Å². The highest BCUT2D eigenvalue weighted by Crippen LogP contribution is 2.23. The van der Waals surface area contributed by atoms with Gasteiger partial charge in [-0.25, -0.2) is 4.98 Å². The summed E-state index contributed by atoms with van der Waals surface area (Å²) in [6, 6.07) is 3.62. The van der Waals surface area contributed by atoms with Crippen LogP contribution in [0.15, 0.2) is 12.1 Å². The lowest BCUT2D eigenvalue weighted by atomic mass is 9.90. The van der Waals surface area contributed by atoms with Gasteiger partial charge in [0.05, 0.1) is 0 Å². The molecule has 0 aliphatic carbocycles. The van der Waals surface area contributed by atoms with Gasteiger partial charge in [0, 0.05) is 29.8 Å². The molecule has 1 aromatic rings. The molecule has 1 amide bonds. The molecule has 0 radical (unpaired) electrons. The predicted molar refractivity (Wildman–Crippen MR) is 74.6 cm³/mol. The molecule has 0 aliphatic rings. The summed E-state index contributed by atoms with van der Waals surface area (Å²) in [6.45, 7) is 10.1. The molecule has 0 unspecified atom stereocenters. The molecular formula is C14H23N3O. The number of carbonyl (C=O) groups excluding carboxylic acids is 1. The van der Waals surface area contributed by atoms with E-state index in [0.29, 0.717) is 11.4 Å². The highest BCUT2D eigenvalue weighted by molar-refractivity contribution is 5.95. The number of nitrogens with two attached hydrogens (primary N) is 1. The van der Waals surface area contributed by atoms with Crippen molar-refractivity contribution in [3.63, 3.8) is 0 Å². The molecule has 0 aliphatic heterocycles. The van der Waals surface area contributed by atoms with E-state index in [1.165, 1.54) is 0 Å². The van der Waals surface area contributed by atoms with Crippen molar-refractivity contribution in [2.45, 2.75) is 46.1 Å². The lowest BCUT2D eigenvalue weighted by Gasteiger charge is -2.23. The first-order valence-electron chi connectivity index (χ1n) is 6.18. The Bertz CT molecular complexity index is 447. The van der Waals surface area contributed by atoms with Crippen molar-refractivity contribution in [3.05, 3.63) is 23.4 Å². The summed E-state index contributed by atoms with van der Waals surface area (Å²) in [5, 5.41) is 0. The van der Waals surface area contributed by atoms with Gasteiger partial charge in [-0.2, -0.15) is 0 Å². The lowest BCUT2D eigenvalue weighted by Crippen LogP contribution is -2.33. The van der Waals surface area contributed by atoms with Gasteiger partial charge in [0.1, 0.15) is 5.82 Å². The molecule has 0 saturated heterocycles. The third-order valence-corrected chi connectivity index (χ3v) is 2.96. The number of rotatable bonds is 2. The number of hydrogen-bond acceptors (Lipinski definition) is 3. The van der Waals surface area contributed by atoms with Crippen LogP contribution in [0.5, 0.6) is 0 Å². The second-order valence-corrected chi connectivity index (χ2v) is 5.93. The first-order valence-corrected chi connectivity index (χ1v) is 6.18. The summed E-state index contributed by atoms with van der Waals surface area (Å²) in [7, 11) is 1.79. The molecule has 1 aromatic heterocycles. The number of nitrogens with zero attached hydrogens (tertiary/aromatic N) is 2. The zero-order valence-electron chi connectivity index (χ0n) is 12.1. The summed E-state index contributed by atoms with van der Waals surface area (Å²) in [5.41, 5.74) is 7.10. The molecule has 0 aromatic carbocycles. The Morgan fingerprint density at radius 1 is 1.33 bits per heavy atom. The van der Waals surface area contributed by atoms with Gasteiger partial charge in [-0.05, 0) is 26.0 Å². The van der Waals surface area contributed by atoms with E-state index >= 15 is 0 Å². The van der Waals surface area contributed by atoms with Crippen LogP contribution in [0, 0.1) is 0 Å². The number of nitrogen functional groups attached to an aromatic ring is 1. The van der Waals surface area contributed by atoms with E-state index in [1.807, 2.05) is 19.9 Å². The number of aromatic nitrogens is 1. The quantitative estimate of drug-likeness (QED) is 0.875. The molecule has 0 bridgehead atoms. The Morgan fingerprint density at radius 2 is 1.89 bits per heavy atom. The minimum absolute atomic E-state index is 0.0235. The monoisotopic (exact) mass is 249 g/mol. The van der Waals surface area contributed by atoms with Gasteiger partial charge in [0.15, 0.2) is 0 Å². The van der Waals surface area contributed by atoms with Gasteiger partial charge in [0.25, 0.3) is 5.91 Å². The number of anilines is 1. The third-order valence-electron chi connectivity index (χ3n) is 2.96. The normalized spacial score (nSPS) is 11.7. The topological polar surface area (TPSA) is 59.2 Å². The molecule has 100 valence electrons. The maximum absolute atomic E-state index is 12.3. The van der Waals surface area contributed by atoms with E-state index in [0.717, 1.165) is 5.69 Å².